The number of carbonyl (C=O) groups is 1. The Morgan fingerprint density at radius 3 is 2.56 bits per heavy atom. The molecule has 1 fully saturated rings. The highest BCUT2D eigenvalue weighted by atomic mass is 32.1. The summed E-state index contributed by atoms with van der Waals surface area (Å²) in [5.41, 5.74) is 4.02. The molecule has 1 aliphatic rings. The Kier molecular flexibility index (Phi) is 6.12. The number of rotatable bonds is 6. The Balaban J connectivity index is 1.33. The lowest BCUT2D eigenvalue weighted by Gasteiger charge is -2.38. The van der Waals surface area contributed by atoms with Crippen LogP contribution < -0.4 is 15.5 Å². The van der Waals surface area contributed by atoms with Gasteiger partial charge in [0, 0.05) is 56.0 Å². The standard InChI is InChI=1S/C23H27N9OS/c1-15(2)30-8-10-31(11-9-30)17-6-4-16(5-7-17)28-20-21-26-14-27-32(21)19(12-25-20)18-13-34-23(29-18)22(33)24-3/h4-7,12-15H,8-11H2,1-3H3,(H,24,33)(H,25,28). The predicted octanol–water partition coefficient (Wildman–Crippen LogP) is 2.88. The number of anilines is 3. The molecule has 0 saturated carbocycles. The van der Waals surface area contributed by atoms with E-state index >= 15 is 0 Å². The maximum absolute atomic E-state index is 11.9. The van der Waals surface area contributed by atoms with E-state index < -0.39 is 0 Å². The molecule has 0 atom stereocenters. The summed E-state index contributed by atoms with van der Waals surface area (Å²) in [4.78, 5) is 30.2. The summed E-state index contributed by atoms with van der Waals surface area (Å²) in [6.45, 7) is 8.74. The van der Waals surface area contributed by atoms with Gasteiger partial charge in [-0.15, -0.1) is 11.3 Å². The Hall–Kier alpha value is -3.57. The van der Waals surface area contributed by atoms with Gasteiger partial charge < -0.3 is 15.5 Å². The Labute approximate surface area is 201 Å². The summed E-state index contributed by atoms with van der Waals surface area (Å²) in [7, 11) is 1.58. The maximum Gasteiger partial charge on any atom is 0.280 e. The highest BCUT2D eigenvalue weighted by Gasteiger charge is 2.19. The van der Waals surface area contributed by atoms with Gasteiger partial charge in [0.25, 0.3) is 5.91 Å². The number of benzene rings is 1. The van der Waals surface area contributed by atoms with Crippen LogP contribution in [0.15, 0.2) is 42.2 Å². The summed E-state index contributed by atoms with van der Waals surface area (Å²) in [6, 6.07) is 8.98. The molecular weight excluding hydrogens is 450 g/mol. The molecule has 2 N–H and O–H groups in total. The Morgan fingerprint density at radius 1 is 1.09 bits per heavy atom. The molecule has 176 valence electrons. The lowest BCUT2D eigenvalue weighted by molar-refractivity contribution is 0.0963. The Bertz CT molecular complexity index is 1290. The van der Waals surface area contributed by atoms with Gasteiger partial charge in [0.15, 0.2) is 16.5 Å². The second-order valence-corrected chi connectivity index (χ2v) is 9.25. The van der Waals surface area contributed by atoms with Crippen LogP contribution in [0.5, 0.6) is 0 Å². The van der Waals surface area contributed by atoms with Crippen molar-refractivity contribution in [2.45, 2.75) is 19.9 Å². The van der Waals surface area contributed by atoms with E-state index in [-0.39, 0.29) is 5.91 Å². The van der Waals surface area contributed by atoms with E-state index in [9.17, 15) is 4.79 Å². The van der Waals surface area contributed by atoms with Gasteiger partial charge in [0.05, 0.1) is 6.20 Å². The normalized spacial score (nSPS) is 14.6. The van der Waals surface area contributed by atoms with Crippen LogP contribution in [-0.4, -0.2) is 74.6 Å². The zero-order chi connectivity index (χ0) is 23.7. The fourth-order valence-electron chi connectivity index (χ4n) is 4.07. The largest absolute Gasteiger partial charge is 0.369 e. The van der Waals surface area contributed by atoms with Crippen LogP contribution in [0.2, 0.25) is 0 Å². The first-order valence-electron chi connectivity index (χ1n) is 11.3. The molecule has 0 radical (unpaired) electrons. The SMILES string of the molecule is CNC(=O)c1nc(-c2cnc(Nc3ccc(N4CCN(C(C)C)CC4)cc3)c3ncnn23)cs1. The average Bonchev–Trinajstić information content (AvgIpc) is 3.55. The zero-order valence-corrected chi connectivity index (χ0v) is 20.2. The number of piperazine rings is 1. The fourth-order valence-corrected chi connectivity index (χ4v) is 4.83. The quantitative estimate of drug-likeness (QED) is 0.437. The van der Waals surface area contributed by atoms with Gasteiger partial charge in [-0.2, -0.15) is 5.10 Å². The van der Waals surface area contributed by atoms with E-state index in [1.807, 2.05) is 5.38 Å². The van der Waals surface area contributed by atoms with Crippen LogP contribution >= 0.6 is 11.3 Å². The monoisotopic (exact) mass is 477 g/mol. The number of aromatic nitrogens is 5. The third-order valence-electron chi connectivity index (χ3n) is 6.03. The smallest absolute Gasteiger partial charge is 0.280 e. The number of fused-ring (bicyclic) bond motifs is 1. The molecule has 1 aliphatic heterocycles. The van der Waals surface area contributed by atoms with E-state index in [1.165, 1.54) is 23.4 Å². The summed E-state index contributed by atoms with van der Waals surface area (Å²) >= 11 is 1.27. The number of carbonyl (C=O) groups excluding carboxylic acids is 1. The van der Waals surface area contributed by atoms with Gasteiger partial charge in [0.1, 0.15) is 17.7 Å². The van der Waals surface area contributed by atoms with Crippen molar-refractivity contribution < 1.29 is 4.79 Å². The second kappa shape index (κ2) is 9.35. The second-order valence-electron chi connectivity index (χ2n) is 8.39. The Morgan fingerprint density at radius 2 is 1.85 bits per heavy atom. The van der Waals surface area contributed by atoms with Crippen molar-refractivity contribution in [3.8, 4) is 11.4 Å². The number of amides is 1. The van der Waals surface area contributed by atoms with Gasteiger partial charge in [-0.1, -0.05) is 0 Å². The first kappa shape index (κ1) is 22.2. The van der Waals surface area contributed by atoms with Gasteiger partial charge in [-0.3, -0.25) is 9.69 Å². The third-order valence-corrected chi connectivity index (χ3v) is 6.87. The van der Waals surface area contributed by atoms with E-state index in [4.69, 9.17) is 0 Å². The molecule has 10 nitrogen and oxygen atoms in total. The topological polar surface area (TPSA) is 104 Å². The van der Waals surface area contributed by atoms with Crippen LogP contribution in [0.1, 0.15) is 23.6 Å². The number of thiazole rings is 1. The number of nitrogens with zero attached hydrogens (tertiary/aromatic N) is 7. The molecule has 5 rings (SSSR count). The minimum absolute atomic E-state index is 0.220. The average molecular weight is 478 g/mol. The van der Waals surface area contributed by atoms with E-state index in [1.54, 1.807) is 17.8 Å². The summed E-state index contributed by atoms with van der Waals surface area (Å²) in [6.07, 6.45) is 3.17. The van der Waals surface area contributed by atoms with Crippen molar-refractivity contribution in [2.24, 2.45) is 0 Å². The van der Waals surface area contributed by atoms with E-state index in [0.29, 0.717) is 33.9 Å². The molecule has 3 aromatic heterocycles. The van der Waals surface area contributed by atoms with Crippen LogP contribution in [0.3, 0.4) is 0 Å². The minimum atomic E-state index is -0.220. The molecule has 1 saturated heterocycles. The lowest BCUT2D eigenvalue weighted by atomic mass is 10.2. The molecule has 0 spiro atoms. The van der Waals surface area contributed by atoms with Crippen molar-refractivity contribution in [3.05, 3.63) is 47.2 Å². The van der Waals surface area contributed by atoms with Crippen molar-refractivity contribution in [1.82, 2.24) is 34.8 Å². The molecular formula is C23H27N9OS. The van der Waals surface area contributed by atoms with Gasteiger partial charge in [0.2, 0.25) is 0 Å². The first-order chi connectivity index (χ1) is 16.5. The fraction of sp³-hybridized carbons (Fsp3) is 0.348. The highest BCUT2D eigenvalue weighted by Crippen LogP contribution is 2.27. The molecule has 0 bridgehead atoms. The van der Waals surface area contributed by atoms with Gasteiger partial charge >= 0.3 is 0 Å². The van der Waals surface area contributed by atoms with Crippen LogP contribution in [0, 0.1) is 0 Å². The third kappa shape index (κ3) is 4.31. The molecule has 1 amide bonds. The molecule has 4 heterocycles. The van der Waals surface area contributed by atoms with E-state index in [2.05, 4.69) is 78.6 Å². The van der Waals surface area contributed by atoms with Crippen molar-refractivity contribution in [1.29, 1.82) is 0 Å². The van der Waals surface area contributed by atoms with Crippen molar-refractivity contribution >= 4 is 40.1 Å². The van der Waals surface area contributed by atoms with Gasteiger partial charge in [-0.25, -0.2) is 19.5 Å². The zero-order valence-electron chi connectivity index (χ0n) is 19.4. The molecule has 1 aromatic carbocycles. The molecule has 4 aromatic rings. The van der Waals surface area contributed by atoms with Crippen LogP contribution in [0.4, 0.5) is 17.2 Å². The van der Waals surface area contributed by atoms with Crippen molar-refractivity contribution in [2.75, 3.05) is 43.4 Å². The molecule has 34 heavy (non-hydrogen) atoms. The highest BCUT2D eigenvalue weighted by molar-refractivity contribution is 7.12. The lowest BCUT2D eigenvalue weighted by Crippen LogP contribution is -2.48. The summed E-state index contributed by atoms with van der Waals surface area (Å²) in [5.74, 6) is 0.379. The molecule has 0 unspecified atom stereocenters. The van der Waals surface area contributed by atoms with Gasteiger partial charge in [-0.05, 0) is 38.1 Å². The molecule has 11 heteroatoms. The summed E-state index contributed by atoms with van der Waals surface area (Å²) in [5, 5.41) is 12.5. The number of hydrogen-bond acceptors (Lipinski definition) is 9. The van der Waals surface area contributed by atoms with E-state index in [0.717, 1.165) is 31.9 Å². The van der Waals surface area contributed by atoms with Crippen molar-refractivity contribution in [3.63, 3.8) is 0 Å². The van der Waals surface area contributed by atoms with Crippen LogP contribution in [-0.2, 0) is 0 Å². The number of hydrogen-bond donors (Lipinski definition) is 2. The summed E-state index contributed by atoms with van der Waals surface area (Å²) < 4.78 is 1.68. The van der Waals surface area contributed by atoms with Crippen LogP contribution in [0.25, 0.3) is 17.0 Å². The minimum Gasteiger partial charge on any atom is -0.369 e. The maximum atomic E-state index is 11.9. The first-order valence-corrected chi connectivity index (χ1v) is 12.1. The number of nitrogens with one attached hydrogen (secondary N) is 2. The molecule has 0 aliphatic carbocycles. The predicted molar refractivity (Wildman–Crippen MR) is 134 cm³/mol.